The van der Waals surface area contributed by atoms with E-state index in [4.69, 9.17) is 10.2 Å². The summed E-state index contributed by atoms with van der Waals surface area (Å²) in [6, 6.07) is 0. The van der Waals surface area contributed by atoms with Gasteiger partial charge in [-0.1, -0.05) is 0 Å². The highest BCUT2D eigenvalue weighted by molar-refractivity contribution is 5.70. The maximum atomic E-state index is 10.6. The predicted octanol–water partition coefficient (Wildman–Crippen LogP) is 0.784. The van der Waals surface area contributed by atoms with Crippen LogP contribution in [0.5, 0.6) is 0 Å². The third-order valence-electron chi connectivity index (χ3n) is 1.23. The van der Waals surface area contributed by atoms with Gasteiger partial charge in [-0.05, 0) is 12.8 Å². The standard InChI is InChI=1S/C7H10O7/c8-5(9)3-1-2-4-6(10)13-14-7(11)12/h1-4H2,(H,8,9)(H,11,12). The lowest BCUT2D eigenvalue weighted by molar-refractivity contribution is -0.240. The lowest BCUT2D eigenvalue weighted by Crippen LogP contribution is -2.09. The van der Waals surface area contributed by atoms with Crippen molar-refractivity contribution in [3.63, 3.8) is 0 Å². The summed E-state index contributed by atoms with van der Waals surface area (Å²) in [4.78, 5) is 37.8. The molecule has 0 atom stereocenters. The highest BCUT2D eigenvalue weighted by Gasteiger charge is 2.07. The molecule has 14 heavy (non-hydrogen) atoms. The molecule has 0 aliphatic heterocycles. The molecule has 0 saturated heterocycles. The van der Waals surface area contributed by atoms with Crippen LogP contribution in [0.1, 0.15) is 25.7 Å². The first-order chi connectivity index (χ1) is 6.52. The van der Waals surface area contributed by atoms with Crippen LogP contribution >= 0.6 is 0 Å². The molecule has 80 valence electrons. The van der Waals surface area contributed by atoms with Crippen molar-refractivity contribution in [2.45, 2.75) is 25.7 Å². The van der Waals surface area contributed by atoms with Crippen molar-refractivity contribution in [3.8, 4) is 0 Å². The first-order valence-electron chi connectivity index (χ1n) is 3.84. The number of carbonyl (C=O) groups is 3. The summed E-state index contributed by atoms with van der Waals surface area (Å²) in [5.41, 5.74) is 0. The zero-order chi connectivity index (χ0) is 11.0. The molecule has 0 aromatic rings. The molecule has 0 bridgehead atoms. The van der Waals surface area contributed by atoms with Crippen molar-refractivity contribution in [1.29, 1.82) is 0 Å². The van der Waals surface area contributed by atoms with Gasteiger partial charge < -0.3 is 10.2 Å². The number of unbranched alkanes of at least 4 members (excludes halogenated alkanes) is 1. The van der Waals surface area contributed by atoms with E-state index in [1.165, 1.54) is 0 Å². The van der Waals surface area contributed by atoms with Gasteiger partial charge in [-0.2, -0.15) is 0 Å². The molecule has 7 heteroatoms. The van der Waals surface area contributed by atoms with Crippen molar-refractivity contribution in [1.82, 2.24) is 0 Å². The Hall–Kier alpha value is -1.79. The highest BCUT2D eigenvalue weighted by Crippen LogP contribution is 2.01. The lowest BCUT2D eigenvalue weighted by atomic mass is 10.2. The summed E-state index contributed by atoms with van der Waals surface area (Å²) in [7, 11) is 0. The van der Waals surface area contributed by atoms with E-state index in [1.807, 2.05) is 0 Å². The molecular weight excluding hydrogens is 196 g/mol. The maximum absolute atomic E-state index is 10.6. The van der Waals surface area contributed by atoms with Crippen LogP contribution in [0.25, 0.3) is 0 Å². The van der Waals surface area contributed by atoms with Gasteiger partial charge in [0.1, 0.15) is 0 Å². The number of carboxylic acids is 1. The number of hydrogen-bond donors (Lipinski definition) is 2. The third-order valence-corrected chi connectivity index (χ3v) is 1.23. The molecule has 0 heterocycles. The highest BCUT2D eigenvalue weighted by atomic mass is 17.2. The summed E-state index contributed by atoms with van der Waals surface area (Å²) in [6.45, 7) is 0. The SMILES string of the molecule is O=C(O)CCCCC(=O)OOC(=O)O. The normalized spacial score (nSPS) is 9.14. The fourth-order valence-corrected chi connectivity index (χ4v) is 0.669. The Morgan fingerprint density at radius 1 is 0.929 bits per heavy atom. The minimum Gasteiger partial charge on any atom is -0.481 e. The Morgan fingerprint density at radius 2 is 1.50 bits per heavy atom. The topological polar surface area (TPSA) is 110 Å². The van der Waals surface area contributed by atoms with Gasteiger partial charge in [0.15, 0.2) is 0 Å². The van der Waals surface area contributed by atoms with Crippen LogP contribution in [-0.4, -0.2) is 28.3 Å². The van der Waals surface area contributed by atoms with Crippen molar-refractivity contribution >= 4 is 18.1 Å². The van der Waals surface area contributed by atoms with E-state index in [0.717, 1.165) is 0 Å². The molecule has 0 aromatic carbocycles. The van der Waals surface area contributed by atoms with E-state index < -0.39 is 18.1 Å². The molecule has 2 N–H and O–H groups in total. The van der Waals surface area contributed by atoms with Gasteiger partial charge in [0.25, 0.3) is 0 Å². The summed E-state index contributed by atoms with van der Waals surface area (Å²) >= 11 is 0. The second kappa shape index (κ2) is 6.70. The molecular formula is C7H10O7. The molecule has 0 saturated carbocycles. The van der Waals surface area contributed by atoms with E-state index in [2.05, 4.69) is 9.78 Å². The van der Waals surface area contributed by atoms with Crippen LogP contribution in [0, 0.1) is 0 Å². The summed E-state index contributed by atoms with van der Waals surface area (Å²) in [5.74, 6) is -1.78. The van der Waals surface area contributed by atoms with Crippen LogP contribution in [0.4, 0.5) is 4.79 Å². The number of aliphatic carboxylic acids is 1. The van der Waals surface area contributed by atoms with Crippen molar-refractivity contribution < 1.29 is 34.4 Å². The van der Waals surface area contributed by atoms with Crippen LogP contribution in [0.3, 0.4) is 0 Å². The van der Waals surface area contributed by atoms with Gasteiger partial charge >= 0.3 is 18.1 Å². The monoisotopic (exact) mass is 206 g/mol. The average molecular weight is 206 g/mol. The second-order valence-corrected chi connectivity index (χ2v) is 2.41. The average Bonchev–Trinajstić information content (AvgIpc) is 2.08. The molecule has 0 radical (unpaired) electrons. The van der Waals surface area contributed by atoms with E-state index >= 15 is 0 Å². The number of carbonyl (C=O) groups excluding carboxylic acids is 1. The third kappa shape index (κ3) is 8.31. The molecule has 0 spiro atoms. The van der Waals surface area contributed by atoms with Gasteiger partial charge in [0.2, 0.25) is 0 Å². The largest absolute Gasteiger partial charge is 0.547 e. The number of rotatable bonds is 5. The van der Waals surface area contributed by atoms with Gasteiger partial charge in [0, 0.05) is 6.42 Å². The summed E-state index contributed by atoms with van der Waals surface area (Å²) < 4.78 is 0. The van der Waals surface area contributed by atoms with Crippen LogP contribution in [-0.2, 0) is 19.4 Å². The lowest BCUT2D eigenvalue weighted by Gasteiger charge is -1.98. The van der Waals surface area contributed by atoms with Gasteiger partial charge in [-0.15, -0.1) is 0 Å². The molecule has 0 rings (SSSR count). The van der Waals surface area contributed by atoms with E-state index in [0.29, 0.717) is 12.8 Å². The Bertz CT molecular complexity index is 222. The first-order valence-corrected chi connectivity index (χ1v) is 3.84. The fourth-order valence-electron chi connectivity index (χ4n) is 0.669. The zero-order valence-electron chi connectivity index (χ0n) is 7.26. The predicted molar refractivity (Wildman–Crippen MR) is 41.3 cm³/mol. The smallest absolute Gasteiger partial charge is 0.481 e. The van der Waals surface area contributed by atoms with Gasteiger partial charge in [-0.25, -0.2) is 19.4 Å². The molecule has 0 amide bonds. The molecule has 0 unspecified atom stereocenters. The Morgan fingerprint density at radius 3 is 2.00 bits per heavy atom. The molecule has 7 nitrogen and oxygen atoms in total. The quantitative estimate of drug-likeness (QED) is 0.388. The van der Waals surface area contributed by atoms with E-state index in [1.54, 1.807) is 0 Å². The first kappa shape index (κ1) is 12.2. The Kier molecular flexibility index (Phi) is 5.84. The van der Waals surface area contributed by atoms with Crippen LogP contribution < -0.4 is 0 Å². The van der Waals surface area contributed by atoms with Crippen molar-refractivity contribution in [2.75, 3.05) is 0 Å². The number of hydrogen-bond acceptors (Lipinski definition) is 5. The van der Waals surface area contributed by atoms with Crippen LogP contribution in [0.15, 0.2) is 0 Å². The maximum Gasteiger partial charge on any atom is 0.547 e. The molecule has 0 fully saturated rings. The van der Waals surface area contributed by atoms with Gasteiger partial charge in [0.05, 0.1) is 6.42 Å². The minimum atomic E-state index is -1.70. The van der Waals surface area contributed by atoms with Crippen LogP contribution in [0.2, 0.25) is 0 Å². The zero-order valence-corrected chi connectivity index (χ0v) is 7.26. The Balaban J connectivity index is 3.36. The number of carboxylic acid groups (broad SMARTS) is 2. The van der Waals surface area contributed by atoms with E-state index in [9.17, 15) is 14.4 Å². The fraction of sp³-hybridized carbons (Fsp3) is 0.571. The van der Waals surface area contributed by atoms with Crippen molar-refractivity contribution in [2.24, 2.45) is 0 Å². The molecule has 0 aliphatic rings. The minimum absolute atomic E-state index is 0.0347. The molecule has 0 aromatic heterocycles. The summed E-state index contributed by atoms with van der Waals surface area (Å²) in [5, 5.41) is 16.2. The second-order valence-electron chi connectivity index (χ2n) is 2.41. The van der Waals surface area contributed by atoms with Gasteiger partial charge in [-0.3, -0.25) is 4.79 Å². The molecule has 0 aliphatic carbocycles. The van der Waals surface area contributed by atoms with E-state index in [-0.39, 0.29) is 12.8 Å². The summed E-state index contributed by atoms with van der Waals surface area (Å²) in [6.07, 6.45) is -1.16. The van der Waals surface area contributed by atoms with Crippen molar-refractivity contribution in [3.05, 3.63) is 0 Å². The Labute approximate surface area is 79.2 Å².